The Bertz CT molecular complexity index is 854. The van der Waals surface area contributed by atoms with Crippen LogP contribution in [-0.4, -0.2) is 16.6 Å². The van der Waals surface area contributed by atoms with E-state index in [1.807, 2.05) is 5.10 Å². The summed E-state index contributed by atoms with van der Waals surface area (Å²) in [7, 11) is -3.58. The minimum absolute atomic E-state index is 0.194. The first-order valence-corrected chi connectivity index (χ1v) is 9.01. The van der Waals surface area contributed by atoms with E-state index in [1.165, 1.54) is 0 Å². The molecule has 0 saturated carbocycles. The second kappa shape index (κ2) is 6.48. The van der Waals surface area contributed by atoms with E-state index in [4.69, 9.17) is 0 Å². The lowest BCUT2D eigenvalue weighted by atomic mass is 10.2. The molecule has 0 aliphatic rings. The molecule has 0 saturated heterocycles. The minimum Gasteiger partial charge on any atom is -0.307 e. The van der Waals surface area contributed by atoms with E-state index in [1.54, 1.807) is 60.7 Å². The summed E-state index contributed by atoms with van der Waals surface area (Å²) >= 11 is 0. The zero-order valence-electron chi connectivity index (χ0n) is 12.7. The molecule has 0 spiro atoms. The normalized spacial score (nSPS) is 12.5. The monoisotopic (exact) mass is 368 g/mol. The quantitative estimate of drug-likeness (QED) is 0.554. The van der Waals surface area contributed by atoms with Gasteiger partial charge in [-0.25, -0.2) is 8.78 Å². The highest BCUT2D eigenvalue weighted by Gasteiger charge is 2.46. The predicted molar refractivity (Wildman–Crippen MR) is 87.9 cm³/mol. The molecule has 0 bridgehead atoms. The summed E-state index contributed by atoms with van der Waals surface area (Å²) in [6.07, 6.45) is -3.89. The third-order valence-corrected chi connectivity index (χ3v) is 6.68. The van der Waals surface area contributed by atoms with E-state index in [0.717, 1.165) is 6.07 Å². The molecular weight excluding hydrogens is 355 g/mol. The van der Waals surface area contributed by atoms with E-state index < -0.39 is 25.2 Å². The van der Waals surface area contributed by atoms with Crippen molar-refractivity contribution in [1.82, 2.24) is 10.2 Å². The smallest absolute Gasteiger partial charge is 0.307 e. The Labute approximate surface area is 141 Å². The fourth-order valence-electron chi connectivity index (χ4n) is 2.45. The lowest BCUT2D eigenvalue weighted by Gasteiger charge is -2.17. The number of nitrogens with zero attached hydrogens (tertiary/aromatic N) is 1. The number of hydrogen-bond donors (Lipinski definition) is 1. The third kappa shape index (κ3) is 3.00. The highest BCUT2D eigenvalue weighted by atomic mass is 31.2. The van der Waals surface area contributed by atoms with E-state index in [2.05, 4.69) is 5.10 Å². The number of aromatic nitrogens is 2. The summed E-state index contributed by atoms with van der Waals surface area (Å²) in [6, 6.07) is 17.2. The maximum atomic E-state index is 13.8. The highest BCUT2D eigenvalue weighted by Crippen LogP contribution is 2.43. The Morgan fingerprint density at radius 2 is 1.40 bits per heavy atom. The topological polar surface area (TPSA) is 45.8 Å². The van der Waals surface area contributed by atoms with Crippen molar-refractivity contribution in [2.24, 2.45) is 0 Å². The Hall–Kier alpha value is -2.40. The van der Waals surface area contributed by atoms with E-state index in [-0.39, 0.29) is 5.44 Å². The standard InChI is InChI=1S/C17H13F4N2OP/c18-16(19)17(20,21)14-11-15(23-22-14)25(24,12-7-3-1-4-8-12)13-9-5-2-6-10-13/h1-11,16H,(H,22,23). The summed E-state index contributed by atoms with van der Waals surface area (Å²) in [6.45, 7) is 0. The van der Waals surface area contributed by atoms with Crippen LogP contribution in [0.3, 0.4) is 0 Å². The van der Waals surface area contributed by atoms with Gasteiger partial charge in [0.05, 0.1) is 0 Å². The largest absolute Gasteiger partial charge is 0.348 e. The molecule has 25 heavy (non-hydrogen) atoms. The zero-order chi connectivity index (χ0) is 18.1. The van der Waals surface area contributed by atoms with Gasteiger partial charge < -0.3 is 4.57 Å². The van der Waals surface area contributed by atoms with Gasteiger partial charge in [-0.15, -0.1) is 0 Å². The van der Waals surface area contributed by atoms with Crippen molar-refractivity contribution in [3.05, 3.63) is 72.4 Å². The molecule has 0 aliphatic carbocycles. The molecule has 0 atom stereocenters. The first-order valence-electron chi connectivity index (χ1n) is 7.30. The predicted octanol–water partition coefficient (Wildman–Crippen LogP) is 3.41. The molecule has 0 aliphatic heterocycles. The van der Waals surface area contributed by atoms with Crippen LogP contribution < -0.4 is 16.0 Å². The molecule has 3 aromatic rings. The van der Waals surface area contributed by atoms with Crippen molar-refractivity contribution in [2.75, 3.05) is 0 Å². The van der Waals surface area contributed by atoms with Gasteiger partial charge >= 0.3 is 12.3 Å². The number of halogens is 4. The molecular formula is C17H13F4N2OP. The fourth-order valence-corrected chi connectivity index (χ4v) is 4.96. The summed E-state index contributed by atoms with van der Waals surface area (Å²) in [5.74, 6) is -4.40. The molecule has 3 nitrogen and oxygen atoms in total. The van der Waals surface area contributed by atoms with Crippen molar-refractivity contribution < 1.29 is 22.1 Å². The maximum Gasteiger partial charge on any atom is 0.348 e. The minimum atomic E-state index is -4.40. The van der Waals surface area contributed by atoms with E-state index >= 15 is 0 Å². The lowest BCUT2D eigenvalue weighted by molar-refractivity contribution is -0.137. The number of hydrogen-bond acceptors (Lipinski definition) is 2. The van der Waals surface area contributed by atoms with Crippen LogP contribution in [0, 0.1) is 0 Å². The van der Waals surface area contributed by atoms with Gasteiger partial charge in [-0.05, 0) is 6.07 Å². The van der Waals surface area contributed by atoms with E-state index in [9.17, 15) is 22.1 Å². The molecule has 2 aromatic carbocycles. The van der Waals surface area contributed by atoms with Gasteiger partial charge in [0.15, 0.2) is 7.14 Å². The van der Waals surface area contributed by atoms with Crippen LogP contribution in [0.5, 0.6) is 0 Å². The Morgan fingerprint density at radius 3 is 1.84 bits per heavy atom. The zero-order valence-corrected chi connectivity index (χ0v) is 13.6. The SMILES string of the molecule is O=P(c1ccccc1)(c1ccccc1)c1cc(C(F)(F)C(F)F)[nH]n1. The Balaban J connectivity index is 2.18. The number of alkyl halides is 4. The van der Waals surface area contributed by atoms with Crippen LogP contribution in [0.25, 0.3) is 0 Å². The first kappa shape index (κ1) is 17.4. The summed E-state index contributed by atoms with van der Waals surface area (Å²) in [5, 5.41) is 6.36. The molecule has 8 heteroatoms. The van der Waals surface area contributed by atoms with Crippen LogP contribution in [0.4, 0.5) is 17.6 Å². The van der Waals surface area contributed by atoms with Gasteiger partial charge in [-0.3, -0.25) is 5.10 Å². The van der Waals surface area contributed by atoms with Gasteiger partial charge in [0.25, 0.3) is 0 Å². The lowest BCUT2D eigenvalue weighted by Crippen LogP contribution is -2.26. The average molecular weight is 368 g/mol. The molecule has 1 heterocycles. The van der Waals surface area contributed by atoms with Crippen LogP contribution >= 0.6 is 7.14 Å². The number of nitrogens with one attached hydrogen (secondary N) is 1. The van der Waals surface area contributed by atoms with Gasteiger partial charge in [0.2, 0.25) is 0 Å². The molecule has 0 amide bonds. The molecule has 1 aromatic heterocycles. The van der Waals surface area contributed by atoms with Crippen molar-refractivity contribution in [3.63, 3.8) is 0 Å². The van der Waals surface area contributed by atoms with Gasteiger partial charge in [-0.1, -0.05) is 60.7 Å². The van der Waals surface area contributed by atoms with E-state index in [0.29, 0.717) is 10.6 Å². The number of benzene rings is 2. The molecule has 0 unspecified atom stereocenters. The third-order valence-electron chi connectivity index (χ3n) is 3.76. The van der Waals surface area contributed by atoms with Gasteiger partial charge in [0.1, 0.15) is 11.1 Å². The number of rotatable bonds is 5. The van der Waals surface area contributed by atoms with Crippen molar-refractivity contribution in [1.29, 1.82) is 0 Å². The molecule has 0 radical (unpaired) electrons. The number of H-pyrrole nitrogens is 1. The average Bonchev–Trinajstić information content (AvgIpc) is 3.14. The van der Waals surface area contributed by atoms with Gasteiger partial charge in [0, 0.05) is 10.6 Å². The van der Waals surface area contributed by atoms with Crippen molar-refractivity contribution in [2.45, 2.75) is 12.3 Å². The van der Waals surface area contributed by atoms with Crippen LogP contribution in [0.2, 0.25) is 0 Å². The van der Waals surface area contributed by atoms with Crippen molar-refractivity contribution in [3.8, 4) is 0 Å². The number of aromatic amines is 1. The summed E-state index contributed by atoms with van der Waals surface area (Å²) in [5.41, 5.74) is -1.26. The maximum absolute atomic E-state index is 13.8. The Morgan fingerprint density at radius 1 is 0.920 bits per heavy atom. The molecule has 1 N–H and O–H groups in total. The highest BCUT2D eigenvalue weighted by molar-refractivity contribution is 7.85. The van der Waals surface area contributed by atoms with Crippen LogP contribution in [-0.2, 0) is 10.5 Å². The fraction of sp³-hybridized carbons (Fsp3) is 0.118. The molecule has 130 valence electrons. The van der Waals surface area contributed by atoms with Crippen LogP contribution in [0.15, 0.2) is 66.7 Å². The first-order chi connectivity index (χ1) is 11.9. The molecule has 3 rings (SSSR count). The second-order valence-electron chi connectivity index (χ2n) is 5.34. The van der Waals surface area contributed by atoms with Gasteiger partial charge in [-0.2, -0.15) is 13.9 Å². The Kier molecular flexibility index (Phi) is 4.52. The van der Waals surface area contributed by atoms with Crippen molar-refractivity contribution >= 4 is 23.2 Å². The van der Waals surface area contributed by atoms with Crippen LogP contribution in [0.1, 0.15) is 5.69 Å². The summed E-state index contributed by atoms with van der Waals surface area (Å²) in [4.78, 5) is 0. The second-order valence-corrected chi connectivity index (χ2v) is 8.05. The summed E-state index contributed by atoms with van der Waals surface area (Å²) < 4.78 is 66.1. The molecule has 0 fully saturated rings.